The lowest BCUT2D eigenvalue weighted by Crippen LogP contribution is -2.28. The molecule has 0 unspecified atom stereocenters. The number of carbonyl (C=O) groups is 1. The second-order valence-corrected chi connectivity index (χ2v) is 8.45. The van der Waals surface area contributed by atoms with Gasteiger partial charge >= 0.3 is 0 Å². The Balaban J connectivity index is 1.86. The van der Waals surface area contributed by atoms with E-state index in [0.717, 1.165) is 24.4 Å². The van der Waals surface area contributed by atoms with Crippen molar-refractivity contribution in [3.05, 3.63) is 36.9 Å². The standard InChI is InChI=1S/C27H46N2O2/c1-3-5-6-7-8-9-10-11-12-13-14-15-16-17-22-28-24-27(30)29-25-18-20-26(21-19-25)31-23-4-2/h4,18-21,28H,2-3,5-17,22-24H2,1H3,(H,29,30). The van der Waals surface area contributed by atoms with E-state index >= 15 is 0 Å². The van der Waals surface area contributed by atoms with Gasteiger partial charge in [0.25, 0.3) is 0 Å². The molecule has 0 aliphatic rings. The van der Waals surface area contributed by atoms with E-state index in [4.69, 9.17) is 4.74 Å². The third kappa shape index (κ3) is 16.5. The smallest absolute Gasteiger partial charge is 0.238 e. The van der Waals surface area contributed by atoms with Gasteiger partial charge in [-0.3, -0.25) is 4.79 Å². The molecule has 4 heteroatoms. The Hall–Kier alpha value is -1.81. The average molecular weight is 431 g/mol. The predicted molar refractivity (Wildman–Crippen MR) is 134 cm³/mol. The quantitative estimate of drug-likeness (QED) is 0.159. The van der Waals surface area contributed by atoms with Crippen LogP contribution in [0.3, 0.4) is 0 Å². The first kappa shape index (κ1) is 27.2. The molecule has 0 radical (unpaired) electrons. The molecule has 1 rings (SSSR count). The van der Waals surface area contributed by atoms with Crippen LogP contribution in [-0.4, -0.2) is 25.6 Å². The summed E-state index contributed by atoms with van der Waals surface area (Å²) >= 11 is 0. The fourth-order valence-electron chi connectivity index (χ4n) is 3.64. The maximum Gasteiger partial charge on any atom is 0.238 e. The van der Waals surface area contributed by atoms with Gasteiger partial charge in [-0.1, -0.05) is 103 Å². The Morgan fingerprint density at radius 3 is 1.87 bits per heavy atom. The fraction of sp³-hybridized carbons (Fsp3) is 0.667. The van der Waals surface area contributed by atoms with Gasteiger partial charge in [-0.15, -0.1) is 0 Å². The maximum absolute atomic E-state index is 12.0. The van der Waals surface area contributed by atoms with Crippen LogP contribution in [0.4, 0.5) is 5.69 Å². The highest BCUT2D eigenvalue weighted by Gasteiger charge is 2.02. The number of carbonyl (C=O) groups excluding carboxylic acids is 1. The molecule has 0 saturated heterocycles. The lowest BCUT2D eigenvalue weighted by Gasteiger charge is -2.08. The number of rotatable bonds is 21. The zero-order chi connectivity index (χ0) is 22.4. The fourth-order valence-corrected chi connectivity index (χ4v) is 3.64. The summed E-state index contributed by atoms with van der Waals surface area (Å²) in [6.45, 7) is 7.64. The van der Waals surface area contributed by atoms with Gasteiger partial charge in [-0.25, -0.2) is 0 Å². The van der Waals surface area contributed by atoms with Crippen molar-refractivity contribution in [2.75, 3.05) is 25.0 Å². The Morgan fingerprint density at radius 1 is 0.839 bits per heavy atom. The molecule has 0 aliphatic carbocycles. The van der Waals surface area contributed by atoms with Crippen molar-refractivity contribution in [3.8, 4) is 5.75 Å². The number of ether oxygens (including phenoxy) is 1. The van der Waals surface area contributed by atoms with E-state index in [0.29, 0.717) is 13.2 Å². The highest BCUT2D eigenvalue weighted by atomic mass is 16.5. The van der Waals surface area contributed by atoms with Gasteiger partial charge in [0, 0.05) is 5.69 Å². The number of hydrogen-bond acceptors (Lipinski definition) is 3. The van der Waals surface area contributed by atoms with Crippen LogP contribution < -0.4 is 15.4 Å². The monoisotopic (exact) mass is 430 g/mol. The van der Waals surface area contributed by atoms with E-state index in [1.165, 1.54) is 83.5 Å². The summed E-state index contributed by atoms with van der Waals surface area (Å²) in [6.07, 6.45) is 20.8. The molecule has 0 aromatic heterocycles. The molecular weight excluding hydrogens is 384 g/mol. The number of anilines is 1. The minimum absolute atomic E-state index is 0.00914. The van der Waals surface area contributed by atoms with Crippen LogP contribution in [0.2, 0.25) is 0 Å². The molecule has 0 bridgehead atoms. The molecule has 0 heterocycles. The first-order chi connectivity index (χ1) is 15.3. The van der Waals surface area contributed by atoms with Crippen molar-refractivity contribution in [2.24, 2.45) is 0 Å². The molecule has 2 N–H and O–H groups in total. The third-order valence-corrected chi connectivity index (χ3v) is 5.50. The number of benzene rings is 1. The van der Waals surface area contributed by atoms with Gasteiger partial charge in [-0.05, 0) is 37.2 Å². The predicted octanol–water partition coefficient (Wildman–Crippen LogP) is 7.26. The summed E-state index contributed by atoms with van der Waals surface area (Å²) in [4.78, 5) is 12.0. The summed E-state index contributed by atoms with van der Waals surface area (Å²) in [6, 6.07) is 7.40. The molecule has 1 aromatic rings. The molecule has 0 saturated carbocycles. The zero-order valence-corrected chi connectivity index (χ0v) is 19.9. The Bertz CT molecular complexity index is 557. The molecule has 0 aliphatic heterocycles. The van der Waals surface area contributed by atoms with Crippen molar-refractivity contribution in [1.29, 1.82) is 0 Å². The molecule has 1 aromatic carbocycles. The summed E-state index contributed by atoms with van der Waals surface area (Å²) in [5.41, 5.74) is 0.786. The SMILES string of the molecule is C=CCOc1ccc(NC(=O)CNCCCCCCCCCCCCCCCC)cc1. The average Bonchev–Trinajstić information content (AvgIpc) is 2.78. The summed E-state index contributed by atoms with van der Waals surface area (Å²) in [5.74, 6) is 0.763. The Labute approximate surface area is 191 Å². The van der Waals surface area contributed by atoms with Gasteiger partial charge in [0.2, 0.25) is 5.91 Å². The molecule has 0 atom stereocenters. The van der Waals surface area contributed by atoms with Gasteiger partial charge in [0.1, 0.15) is 12.4 Å². The van der Waals surface area contributed by atoms with E-state index in [1.807, 2.05) is 24.3 Å². The summed E-state index contributed by atoms with van der Waals surface area (Å²) in [5, 5.41) is 6.14. The van der Waals surface area contributed by atoms with Crippen molar-refractivity contribution in [2.45, 2.75) is 96.8 Å². The van der Waals surface area contributed by atoms with Crippen LogP contribution in [0.1, 0.15) is 96.8 Å². The van der Waals surface area contributed by atoms with Crippen molar-refractivity contribution in [1.82, 2.24) is 5.32 Å². The molecule has 176 valence electrons. The molecular formula is C27H46N2O2. The van der Waals surface area contributed by atoms with Crippen LogP contribution in [0.5, 0.6) is 5.75 Å². The maximum atomic E-state index is 12.0. The van der Waals surface area contributed by atoms with Gasteiger partial charge in [-0.2, -0.15) is 0 Å². The van der Waals surface area contributed by atoms with Crippen LogP contribution in [-0.2, 0) is 4.79 Å². The molecule has 1 amide bonds. The highest BCUT2D eigenvalue weighted by molar-refractivity contribution is 5.92. The normalized spacial score (nSPS) is 10.7. The summed E-state index contributed by atoms with van der Waals surface area (Å²) in [7, 11) is 0. The number of amides is 1. The van der Waals surface area contributed by atoms with Crippen LogP contribution in [0.25, 0.3) is 0 Å². The lowest BCUT2D eigenvalue weighted by molar-refractivity contribution is -0.115. The first-order valence-electron chi connectivity index (χ1n) is 12.6. The van der Waals surface area contributed by atoms with E-state index in [-0.39, 0.29) is 5.91 Å². The van der Waals surface area contributed by atoms with Gasteiger partial charge in [0.15, 0.2) is 0 Å². The molecule has 31 heavy (non-hydrogen) atoms. The van der Waals surface area contributed by atoms with E-state index in [2.05, 4.69) is 24.1 Å². The van der Waals surface area contributed by atoms with Crippen molar-refractivity contribution < 1.29 is 9.53 Å². The van der Waals surface area contributed by atoms with Crippen LogP contribution in [0, 0.1) is 0 Å². The van der Waals surface area contributed by atoms with Gasteiger partial charge in [0.05, 0.1) is 6.54 Å². The Morgan fingerprint density at radius 2 is 1.35 bits per heavy atom. The lowest BCUT2D eigenvalue weighted by atomic mass is 10.0. The molecule has 0 spiro atoms. The topological polar surface area (TPSA) is 50.4 Å². The molecule has 4 nitrogen and oxygen atoms in total. The number of unbranched alkanes of at least 4 members (excludes halogenated alkanes) is 13. The van der Waals surface area contributed by atoms with Crippen molar-refractivity contribution >= 4 is 11.6 Å². The van der Waals surface area contributed by atoms with Gasteiger partial charge < -0.3 is 15.4 Å². The first-order valence-corrected chi connectivity index (χ1v) is 12.6. The number of nitrogens with one attached hydrogen (secondary N) is 2. The number of hydrogen-bond donors (Lipinski definition) is 2. The summed E-state index contributed by atoms with van der Waals surface area (Å²) < 4.78 is 5.44. The van der Waals surface area contributed by atoms with E-state index in [9.17, 15) is 4.79 Å². The van der Waals surface area contributed by atoms with E-state index < -0.39 is 0 Å². The zero-order valence-electron chi connectivity index (χ0n) is 19.9. The van der Waals surface area contributed by atoms with Crippen LogP contribution in [0.15, 0.2) is 36.9 Å². The minimum atomic E-state index is -0.00914. The largest absolute Gasteiger partial charge is 0.490 e. The van der Waals surface area contributed by atoms with Crippen molar-refractivity contribution in [3.63, 3.8) is 0 Å². The second-order valence-electron chi connectivity index (χ2n) is 8.45. The Kier molecular flexibility index (Phi) is 17.7. The minimum Gasteiger partial charge on any atom is -0.490 e. The van der Waals surface area contributed by atoms with E-state index in [1.54, 1.807) is 6.08 Å². The molecule has 0 fully saturated rings. The van der Waals surface area contributed by atoms with Crippen LogP contribution >= 0.6 is 0 Å². The third-order valence-electron chi connectivity index (χ3n) is 5.50. The second kappa shape index (κ2) is 20.1. The highest BCUT2D eigenvalue weighted by Crippen LogP contribution is 2.15.